The van der Waals surface area contributed by atoms with Crippen molar-refractivity contribution in [1.82, 2.24) is 0 Å². The lowest BCUT2D eigenvalue weighted by molar-refractivity contribution is -0.115. The summed E-state index contributed by atoms with van der Waals surface area (Å²) in [6.07, 6.45) is 0. The highest BCUT2D eigenvalue weighted by Gasteiger charge is 2.14. The van der Waals surface area contributed by atoms with Crippen LogP contribution < -0.4 is 5.32 Å². The second-order valence-corrected chi connectivity index (χ2v) is 5.84. The predicted molar refractivity (Wildman–Crippen MR) is 81.6 cm³/mol. The molecule has 0 fully saturated rings. The number of benzene rings is 2. The normalized spacial score (nSPS) is 11.9. The van der Waals surface area contributed by atoms with Crippen molar-refractivity contribution >= 4 is 23.4 Å². The van der Waals surface area contributed by atoms with Crippen molar-refractivity contribution in [2.75, 3.05) is 5.32 Å². The molecule has 3 heteroatoms. The van der Waals surface area contributed by atoms with E-state index >= 15 is 0 Å². The zero-order valence-corrected chi connectivity index (χ0v) is 11.9. The van der Waals surface area contributed by atoms with Crippen molar-refractivity contribution < 1.29 is 4.79 Å². The van der Waals surface area contributed by atoms with Gasteiger partial charge in [-0.1, -0.05) is 35.9 Å². The summed E-state index contributed by atoms with van der Waals surface area (Å²) in [4.78, 5) is 13.2. The number of amides is 1. The van der Waals surface area contributed by atoms with E-state index in [-0.39, 0.29) is 11.2 Å². The van der Waals surface area contributed by atoms with Crippen LogP contribution in [0.15, 0.2) is 59.5 Å². The van der Waals surface area contributed by atoms with E-state index in [2.05, 4.69) is 24.4 Å². The molecule has 0 aliphatic carbocycles. The average molecular weight is 271 g/mol. The number of hydrogen-bond donors (Lipinski definition) is 1. The highest BCUT2D eigenvalue weighted by atomic mass is 32.2. The summed E-state index contributed by atoms with van der Waals surface area (Å²) in [5.41, 5.74) is 2.06. The van der Waals surface area contributed by atoms with E-state index in [0.717, 1.165) is 10.6 Å². The number of carbonyl (C=O) groups is 1. The number of anilines is 1. The summed E-state index contributed by atoms with van der Waals surface area (Å²) in [5, 5.41) is 2.79. The van der Waals surface area contributed by atoms with Crippen LogP contribution in [0.1, 0.15) is 12.5 Å². The zero-order chi connectivity index (χ0) is 13.7. The van der Waals surface area contributed by atoms with Crippen LogP contribution in [0.25, 0.3) is 0 Å². The summed E-state index contributed by atoms with van der Waals surface area (Å²) in [6, 6.07) is 17.7. The molecular weight excluding hydrogens is 254 g/mol. The van der Waals surface area contributed by atoms with Gasteiger partial charge in [0.1, 0.15) is 0 Å². The Morgan fingerprint density at radius 3 is 2.32 bits per heavy atom. The van der Waals surface area contributed by atoms with Gasteiger partial charge in [0, 0.05) is 10.6 Å². The molecular formula is C16H17NOS. The lowest BCUT2D eigenvalue weighted by atomic mass is 10.2. The maximum atomic E-state index is 12.1. The number of rotatable bonds is 4. The molecule has 1 N–H and O–H groups in total. The number of nitrogens with one attached hydrogen (secondary N) is 1. The van der Waals surface area contributed by atoms with Gasteiger partial charge < -0.3 is 5.32 Å². The molecule has 98 valence electrons. The van der Waals surface area contributed by atoms with Gasteiger partial charge in [-0.05, 0) is 38.1 Å². The largest absolute Gasteiger partial charge is 0.325 e. The monoisotopic (exact) mass is 271 g/mol. The van der Waals surface area contributed by atoms with Crippen molar-refractivity contribution in [3.63, 3.8) is 0 Å². The van der Waals surface area contributed by atoms with E-state index in [1.165, 1.54) is 5.56 Å². The fraction of sp³-hybridized carbons (Fsp3) is 0.188. The van der Waals surface area contributed by atoms with Crippen LogP contribution in [0.4, 0.5) is 5.69 Å². The number of para-hydroxylation sites is 1. The van der Waals surface area contributed by atoms with E-state index in [9.17, 15) is 4.79 Å². The van der Waals surface area contributed by atoms with E-state index < -0.39 is 0 Å². The molecule has 0 saturated heterocycles. The molecule has 2 nitrogen and oxygen atoms in total. The molecule has 2 aromatic rings. The van der Waals surface area contributed by atoms with Gasteiger partial charge in [-0.3, -0.25) is 4.79 Å². The van der Waals surface area contributed by atoms with Crippen molar-refractivity contribution in [3.8, 4) is 0 Å². The zero-order valence-electron chi connectivity index (χ0n) is 11.1. The summed E-state index contributed by atoms with van der Waals surface area (Å²) >= 11 is 1.57. The van der Waals surface area contributed by atoms with Crippen LogP contribution in [0.2, 0.25) is 0 Å². The fourth-order valence-electron chi connectivity index (χ4n) is 1.64. The Labute approximate surface area is 118 Å². The third-order valence-electron chi connectivity index (χ3n) is 2.74. The van der Waals surface area contributed by atoms with Gasteiger partial charge in [0.25, 0.3) is 0 Å². The van der Waals surface area contributed by atoms with E-state index in [1.54, 1.807) is 11.8 Å². The first-order valence-corrected chi connectivity index (χ1v) is 7.12. The fourth-order valence-corrected chi connectivity index (χ4v) is 2.51. The molecule has 0 aliphatic heterocycles. The Balaban J connectivity index is 1.94. The Hall–Kier alpha value is -1.74. The third-order valence-corrected chi connectivity index (χ3v) is 3.86. The van der Waals surface area contributed by atoms with Gasteiger partial charge in [0.15, 0.2) is 0 Å². The van der Waals surface area contributed by atoms with E-state index in [1.807, 2.05) is 49.4 Å². The minimum absolute atomic E-state index is 0.0248. The predicted octanol–water partition coefficient (Wildman–Crippen LogP) is 4.11. The third kappa shape index (κ3) is 4.14. The first-order valence-electron chi connectivity index (χ1n) is 6.24. The second kappa shape index (κ2) is 6.43. The average Bonchev–Trinajstić information content (AvgIpc) is 2.42. The molecule has 0 spiro atoms. The smallest absolute Gasteiger partial charge is 0.237 e. The van der Waals surface area contributed by atoms with Crippen molar-refractivity contribution in [1.29, 1.82) is 0 Å². The molecule has 2 aromatic carbocycles. The molecule has 1 atom stereocenters. The lowest BCUT2D eigenvalue weighted by Gasteiger charge is -2.12. The molecule has 0 bridgehead atoms. The molecule has 0 aromatic heterocycles. The van der Waals surface area contributed by atoms with Gasteiger partial charge in [0.05, 0.1) is 5.25 Å². The first kappa shape index (κ1) is 13.7. The maximum absolute atomic E-state index is 12.1. The molecule has 0 aliphatic rings. The van der Waals surface area contributed by atoms with Crippen molar-refractivity contribution in [2.24, 2.45) is 0 Å². The van der Waals surface area contributed by atoms with Gasteiger partial charge in [-0.2, -0.15) is 0 Å². The molecule has 0 radical (unpaired) electrons. The van der Waals surface area contributed by atoms with Crippen LogP contribution in [-0.2, 0) is 4.79 Å². The lowest BCUT2D eigenvalue weighted by Crippen LogP contribution is -2.22. The maximum Gasteiger partial charge on any atom is 0.237 e. The van der Waals surface area contributed by atoms with Crippen LogP contribution in [0.5, 0.6) is 0 Å². The molecule has 2 rings (SSSR count). The van der Waals surface area contributed by atoms with Crippen LogP contribution in [-0.4, -0.2) is 11.2 Å². The summed E-state index contributed by atoms with van der Waals surface area (Å²) in [6.45, 7) is 3.97. The molecule has 0 saturated carbocycles. The number of carbonyl (C=O) groups excluding carboxylic acids is 1. The molecule has 1 amide bonds. The quantitative estimate of drug-likeness (QED) is 0.848. The molecule has 0 unspecified atom stereocenters. The van der Waals surface area contributed by atoms with Gasteiger partial charge >= 0.3 is 0 Å². The number of aryl methyl sites for hydroxylation is 1. The Morgan fingerprint density at radius 2 is 1.68 bits per heavy atom. The van der Waals surface area contributed by atoms with E-state index in [0.29, 0.717) is 0 Å². The topological polar surface area (TPSA) is 29.1 Å². The van der Waals surface area contributed by atoms with Crippen LogP contribution >= 0.6 is 11.8 Å². The second-order valence-electron chi connectivity index (χ2n) is 4.43. The minimum Gasteiger partial charge on any atom is -0.325 e. The molecule has 19 heavy (non-hydrogen) atoms. The Morgan fingerprint density at radius 1 is 1.05 bits per heavy atom. The van der Waals surface area contributed by atoms with Crippen LogP contribution in [0.3, 0.4) is 0 Å². The summed E-state index contributed by atoms with van der Waals surface area (Å²) in [5.74, 6) is 0.0248. The van der Waals surface area contributed by atoms with Gasteiger partial charge in [0.2, 0.25) is 5.91 Å². The SMILES string of the molecule is Cc1ccc(S[C@@H](C)C(=O)Nc2ccccc2)cc1. The minimum atomic E-state index is -0.122. The first-order chi connectivity index (χ1) is 9.15. The summed E-state index contributed by atoms with van der Waals surface area (Å²) in [7, 11) is 0. The van der Waals surface area contributed by atoms with Gasteiger partial charge in [-0.25, -0.2) is 0 Å². The Bertz CT molecular complexity index is 536. The number of thioether (sulfide) groups is 1. The van der Waals surface area contributed by atoms with Crippen LogP contribution in [0, 0.1) is 6.92 Å². The van der Waals surface area contributed by atoms with Gasteiger partial charge in [-0.15, -0.1) is 11.8 Å². The highest BCUT2D eigenvalue weighted by Crippen LogP contribution is 2.24. The standard InChI is InChI=1S/C16H17NOS/c1-12-8-10-15(11-9-12)19-13(2)16(18)17-14-6-4-3-5-7-14/h3-11,13H,1-2H3,(H,17,18)/t13-/m0/s1. The van der Waals surface area contributed by atoms with E-state index in [4.69, 9.17) is 0 Å². The Kier molecular flexibility index (Phi) is 4.63. The summed E-state index contributed by atoms with van der Waals surface area (Å²) < 4.78 is 0. The molecule has 0 heterocycles. The number of hydrogen-bond acceptors (Lipinski definition) is 2. The van der Waals surface area contributed by atoms with Crippen molar-refractivity contribution in [3.05, 3.63) is 60.2 Å². The highest BCUT2D eigenvalue weighted by molar-refractivity contribution is 8.00. The van der Waals surface area contributed by atoms with Crippen molar-refractivity contribution in [2.45, 2.75) is 24.0 Å².